The molecule has 0 amide bonds. The second-order valence-electron chi connectivity index (χ2n) is 6.04. The van der Waals surface area contributed by atoms with E-state index in [0.29, 0.717) is 0 Å². The van der Waals surface area contributed by atoms with Crippen molar-refractivity contribution in [1.82, 2.24) is 0 Å². The minimum absolute atomic E-state index is 0.671. The average molecular weight is 364 g/mol. The number of hydrogen-bond donors (Lipinski definition) is 0. The van der Waals surface area contributed by atoms with Crippen LogP contribution in [-0.4, -0.2) is 20.4 Å². The van der Waals surface area contributed by atoms with Crippen LogP contribution in [0.15, 0.2) is 84.9 Å². The molecule has 4 rings (SSSR count). The topological polar surface area (TPSA) is 0 Å². The van der Waals surface area contributed by atoms with Gasteiger partial charge in [-0.3, -0.25) is 0 Å². The molecule has 0 aromatic heterocycles. The van der Waals surface area contributed by atoms with Crippen LogP contribution >= 0.6 is 7.26 Å². The Bertz CT molecular complexity index is 728. The average Bonchev–Trinajstić information content (AvgIpc) is 2.63. The van der Waals surface area contributed by atoms with E-state index < -0.39 is 22.7 Å². The molecule has 3 aromatic carbocycles. The van der Waals surface area contributed by atoms with Gasteiger partial charge in [-0.25, -0.2) is 0 Å². The van der Waals surface area contributed by atoms with Gasteiger partial charge in [0.15, 0.2) is 0 Å². The molecule has 0 saturated heterocycles. The third-order valence-electron chi connectivity index (χ3n) is 4.82. The second-order valence-corrected chi connectivity index (χ2v) is 15.2. The molecule has 0 N–H and O–H groups in total. The van der Waals surface area contributed by atoms with Crippen LogP contribution in [0.4, 0.5) is 0 Å². The monoisotopic (exact) mass is 365 g/mol. The van der Waals surface area contributed by atoms with Crippen LogP contribution in [0.25, 0.3) is 0 Å². The van der Waals surface area contributed by atoms with Crippen LogP contribution < -0.4 is 15.0 Å². The standard InChI is InChI=1S/C20H20GeP/c1-3-10-18(11-4-1)22(19-12-5-2-6-13-19)15-17-9-7-8-14-20(17)21-16-22/h1-14H,15-16,21H2/q+1. The first-order valence-electron chi connectivity index (χ1n) is 7.94. The molecule has 1 aliphatic rings. The quantitative estimate of drug-likeness (QED) is 0.485. The van der Waals surface area contributed by atoms with E-state index >= 15 is 0 Å². The Hall–Kier alpha value is -1.37. The van der Waals surface area contributed by atoms with Crippen molar-refractivity contribution in [3.05, 3.63) is 90.5 Å². The van der Waals surface area contributed by atoms with Gasteiger partial charge in [-0.05, 0) is 0 Å². The van der Waals surface area contributed by atoms with Gasteiger partial charge in [-0.15, -0.1) is 0 Å². The first-order valence-corrected chi connectivity index (χ1v) is 13.7. The fourth-order valence-electron chi connectivity index (χ4n) is 3.65. The molecule has 0 saturated carbocycles. The van der Waals surface area contributed by atoms with Gasteiger partial charge in [0.2, 0.25) is 0 Å². The van der Waals surface area contributed by atoms with Gasteiger partial charge in [-0.2, -0.15) is 0 Å². The molecule has 0 unspecified atom stereocenters. The third-order valence-corrected chi connectivity index (χ3v) is 18.1. The van der Waals surface area contributed by atoms with Gasteiger partial charge >= 0.3 is 139 Å². The van der Waals surface area contributed by atoms with Crippen LogP contribution in [0.3, 0.4) is 0 Å². The maximum absolute atomic E-state index is 2.39. The Labute approximate surface area is 139 Å². The van der Waals surface area contributed by atoms with Crippen molar-refractivity contribution in [1.29, 1.82) is 0 Å². The van der Waals surface area contributed by atoms with Gasteiger partial charge in [0, 0.05) is 0 Å². The van der Waals surface area contributed by atoms with Gasteiger partial charge in [0.1, 0.15) is 0 Å². The summed E-state index contributed by atoms with van der Waals surface area (Å²) in [6.45, 7) is 0. The van der Waals surface area contributed by atoms with Crippen LogP contribution in [0.1, 0.15) is 5.56 Å². The molecule has 3 aromatic rings. The Balaban J connectivity index is 1.89. The van der Waals surface area contributed by atoms with E-state index in [-0.39, 0.29) is 0 Å². The number of fused-ring (bicyclic) bond motifs is 1. The SMILES string of the molecule is c1ccc([P+]2(c3ccccc3)[CH2][GeH2][c]3ccccc3C2)cc1. The van der Waals surface area contributed by atoms with Crippen LogP contribution in [0.5, 0.6) is 0 Å². The molecule has 1 aliphatic heterocycles. The van der Waals surface area contributed by atoms with Crippen molar-refractivity contribution in [3.63, 3.8) is 0 Å². The fourth-order valence-corrected chi connectivity index (χ4v) is 18.4. The zero-order chi connectivity index (χ0) is 14.8. The minimum atomic E-state index is -1.24. The summed E-state index contributed by atoms with van der Waals surface area (Å²) in [5.74, 6) is 0. The van der Waals surface area contributed by atoms with E-state index in [2.05, 4.69) is 84.9 Å². The predicted octanol–water partition coefficient (Wildman–Crippen LogP) is 2.62. The second kappa shape index (κ2) is 6.03. The molecule has 0 spiro atoms. The summed E-state index contributed by atoms with van der Waals surface area (Å²) < 4.78 is 1.73. The Morgan fingerprint density at radius 1 is 0.636 bits per heavy atom. The van der Waals surface area contributed by atoms with Crippen molar-refractivity contribution >= 4 is 37.7 Å². The summed E-state index contributed by atoms with van der Waals surface area (Å²) in [6, 6.07) is 31.8. The van der Waals surface area contributed by atoms with Gasteiger partial charge in [0.25, 0.3) is 0 Å². The van der Waals surface area contributed by atoms with Crippen LogP contribution in [0.2, 0.25) is 0 Å². The molecule has 0 radical (unpaired) electrons. The summed E-state index contributed by atoms with van der Waals surface area (Å²) in [4.78, 5) is 1.48. The van der Waals surface area contributed by atoms with Crippen molar-refractivity contribution < 1.29 is 0 Å². The number of rotatable bonds is 2. The molecular formula is C20H20GeP+. The Morgan fingerprint density at radius 3 is 1.82 bits per heavy atom. The van der Waals surface area contributed by atoms with Gasteiger partial charge in [-0.1, -0.05) is 0 Å². The Morgan fingerprint density at radius 2 is 1.18 bits per heavy atom. The van der Waals surface area contributed by atoms with Gasteiger partial charge < -0.3 is 0 Å². The normalized spacial score (nSPS) is 17.1. The van der Waals surface area contributed by atoms with E-state index in [0.717, 1.165) is 0 Å². The van der Waals surface area contributed by atoms with Crippen molar-refractivity contribution in [2.24, 2.45) is 0 Å². The zero-order valence-electron chi connectivity index (χ0n) is 12.7. The summed E-state index contributed by atoms with van der Waals surface area (Å²) in [5, 5.41) is 3.20. The maximum atomic E-state index is 2.39. The number of benzene rings is 3. The van der Waals surface area contributed by atoms with Crippen molar-refractivity contribution in [3.8, 4) is 0 Å². The zero-order valence-corrected chi connectivity index (χ0v) is 16.5. The first kappa shape index (κ1) is 14.2. The molecule has 0 bridgehead atoms. The molecule has 0 fully saturated rings. The molecule has 0 aliphatic carbocycles. The molecule has 1 heterocycles. The summed E-state index contributed by atoms with van der Waals surface area (Å²) in [7, 11) is -1.24. The van der Waals surface area contributed by atoms with Crippen LogP contribution in [-0.2, 0) is 6.16 Å². The first-order chi connectivity index (χ1) is 10.9. The summed E-state index contributed by atoms with van der Waals surface area (Å²) in [5.41, 5.74) is 1.63. The van der Waals surface area contributed by atoms with Gasteiger partial charge in [0.05, 0.1) is 0 Å². The third kappa shape index (κ3) is 2.45. The molecule has 2 heteroatoms. The fraction of sp³-hybridized carbons (Fsp3) is 0.100. The van der Waals surface area contributed by atoms with Crippen molar-refractivity contribution in [2.75, 3.05) is 4.99 Å². The van der Waals surface area contributed by atoms with Crippen LogP contribution in [0, 0.1) is 0 Å². The molecular weight excluding hydrogens is 344 g/mol. The molecule has 0 atom stereocenters. The van der Waals surface area contributed by atoms with E-state index in [4.69, 9.17) is 0 Å². The Kier molecular flexibility index (Phi) is 3.90. The van der Waals surface area contributed by atoms with E-state index in [1.54, 1.807) is 20.6 Å². The van der Waals surface area contributed by atoms with E-state index in [1.165, 1.54) is 11.2 Å². The van der Waals surface area contributed by atoms with E-state index in [9.17, 15) is 0 Å². The van der Waals surface area contributed by atoms with Crippen molar-refractivity contribution in [2.45, 2.75) is 6.16 Å². The van der Waals surface area contributed by atoms with E-state index in [1.807, 2.05) is 0 Å². The molecule has 108 valence electrons. The molecule has 0 nitrogen and oxygen atoms in total. The molecule has 22 heavy (non-hydrogen) atoms. The summed E-state index contributed by atoms with van der Waals surface area (Å²) >= 11 is -0.671. The predicted molar refractivity (Wildman–Crippen MR) is 102 cm³/mol. The summed E-state index contributed by atoms with van der Waals surface area (Å²) in [6.07, 6.45) is 1.25. The number of hydrogen-bond acceptors (Lipinski definition) is 0.